The first-order valence-electron chi connectivity index (χ1n) is 6.63. The summed E-state index contributed by atoms with van der Waals surface area (Å²) in [6, 6.07) is 0.465. The van der Waals surface area contributed by atoms with Crippen LogP contribution in [0.5, 0.6) is 0 Å². The van der Waals surface area contributed by atoms with Crippen molar-refractivity contribution in [2.24, 2.45) is 4.99 Å². The Bertz CT molecular complexity index is 276. The minimum absolute atomic E-state index is 0.0902. The molecule has 0 saturated heterocycles. The normalized spacial score (nSPS) is 17.8. The number of ether oxygens (including phenoxy) is 1. The van der Waals surface area contributed by atoms with E-state index in [1.54, 1.807) is 7.05 Å². The Morgan fingerprint density at radius 3 is 2.58 bits per heavy atom. The van der Waals surface area contributed by atoms with E-state index in [-0.39, 0.29) is 6.61 Å². The van der Waals surface area contributed by atoms with Crippen molar-refractivity contribution >= 4 is 5.96 Å². The summed E-state index contributed by atoms with van der Waals surface area (Å²) in [5.41, 5.74) is 0. The molecule has 7 heteroatoms. The summed E-state index contributed by atoms with van der Waals surface area (Å²) in [7, 11) is 1.68. The van der Waals surface area contributed by atoms with E-state index >= 15 is 0 Å². The van der Waals surface area contributed by atoms with Crippen molar-refractivity contribution in [2.45, 2.75) is 44.3 Å². The zero-order valence-corrected chi connectivity index (χ0v) is 11.2. The van der Waals surface area contributed by atoms with E-state index in [4.69, 9.17) is 0 Å². The third-order valence-electron chi connectivity index (χ3n) is 2.94. The Morgan fingerprint density at radius 2 is 2.00 bits per heavy atom. The second-order valence-electron chi connectivity index (χ2n) is 4.65. The van der Waals surface area contributed by atoms with Crippen molar-refractivity contribution in [3.8, 4) is 0 Å². The molecule has 1 aliphatic rings. The second kappa shape index (κ2) is 8.24. The van der Waals surface area contributed by atoms with Gasteiger partial charge in [-0.1, -0.05) is 12.8 Å². The number of aliphatic imine (C=N–C) groups is 1. The van der Waals surface area contributed by atoms with Crippen molar-refractivity contribution in [2.75, 3.05) is 26.8 Å². The van der Waals surface area contributed by atoms with Gasteiger partial charge in [0.25, 0.3) is 0 Å². The lowest BCUT2D eigenvalue weighted by atomic mass is 10.2. The van der Waals surface area contributed by atoms with E-state index in [1.807, 2.05) is 0 Å². The van der Waals surface area contributed by atoms with E-state index in [9.17, 15) is 13.2 Å². The van der Waals surface area contributed by atoms with Crippen LogP contribution in [-0.4, -0.2) is 45.0 Å². The largest absolute Gasteiger partial charge is 0.411 e. The SMILES string of the molecule is CN=C(NCCCOCC(F)(F)F)NC1CCCC1. The maximum Gasteiger partial charge on any atom is 0.411 e. The number of nitrogens with one attached hydrogen (secondary N) is 2. The molecule has 19 heavy (non-hydrogen) atoms. The van der Waals surface area contributed by atoms with Gasteiger partial charge in [-0.25, -0.2) is 0 Å². The van der Waals surface area contributed by atoms with Crippen LogP contribution in [0.1, 0.15) is 32.1 Å². The molecule has 0 heterocycles. The average Bonchev–Trinajstić information content (AvgIpc) is 2.83. The Morgan fingerprint density at radius 1 is 1.32 bits per heavy atom. The Labute approximate surface area is 111 Å². The van der Waals surface area contributed by atoms with Crippen LogP contribution in [-0.2, 0) is 4.74 Å². The first-order chi connectivity index (χ1) is 9.01. The molecule has 112 valence electrons. The van der Waals surface area contributed by atoms with Gasteiger partial charge in [0.1, 0.15) is 6.61 Å². The molecule has 0 spiro atoms. The standard InChI is InChI=1S/C12H22F3N3O/c1-16-11(18-10-5-2-3-6-10)17-7-4-8-19-9-12(13,14)15/h10H,2-9H2,1H3,(H2,16,17,18). The van der Waals surface area contributed by atoms with Crippen molar-refractivity contribution in [3.05, 3.63) is 0 Å². The lowest BCUT2D eigenvalue weighted by molar-refractivity contribution is -0.173. The minimum Gasteiger partial charge on any atom is -0.372 e. The second-order valence-corrected chi connectivity index (χ2v) is 4.65. The van der Waals surface area contributed by atoms with Gasteiger partial charge in [0.05, 0.1) is 0 Å². The zero-order chi connectivity index (χ0) is 14.1. The molecule has 0 aromatic carbocycles. The maximum absolute atomic E-state index is 11.8. The Hall–Kier alpha value is -0.980. The molecule has 1 rings (SSSR count). The van der Waals surface area contributed by atoms with E-state index in [0.29, 0.717) is 25.0 Å². The van der Waals surface area contributed by atoms with E-state index in [1.165, 1.54) is 12.8 Å². The number of hydrogen-bond acceptors (Lipinski definition) is 2. The van der Waals surface area contributed by atoms with Crippen molar-refractivity contribution in [1.82, 2.24) is 10.6 Å². The van der Waals surface area contributed by atoms with Crippen LogP contribution in [0, 0.1) is 0 Å². The molecule has 2 N–H and O–H groups in total. The van der Waals surface area contributed by atoms with Gasteiger partial charge >= 0.3 is 6.18 Å². The molecule has 0 bridgehead atoms. The molecule has 0 radical (unpaired) electrons. The minimum atomic E-state index is -4.24. The number of hydrogen-bond donors (Lipinski definition) is 2. The fourth-order valence-corrected chi connectivity index (χ4v) is 2.03. The first kappa shape index (κ1) is 16.1. The van der Waals surface area contributed by atoms with Gasteiger partial charge in [-0.3, -0.25) is 4.99 Å². The molecule has 1 aliphatic carbocycles. The van der Waals surface area contributed by atoms with Gasteiger partial charge in [0.2, 0.25) is 0 Å². The van der Waals surface area contributed by atoms with E-state index in [0.717, 1.165) is 12.8 Å². The van der Waals surface area contributed by atoms with E-state index < -0.39 is 12.8 Å². The summed E-state index contributed by atoms with van der Waals surface area (Å²) >= 11 is 0. The molecule has 0 unspecified atom stereocenters. The van der Waals surface area contributed by atoms with Crippen LogP contribution in [0.15, 0.2) is 4.99 Å². The maximum atomic E-state index is 11.8. The van der Waals surface area contributed by atoms with Crippen LogP contribution >= 0.6 is 0 Å². The van der Waals surface area contributed by atoms with Crippen molar-refractivity contribution in [3.63, 3.8) is 0 Å². The number of halogens is 3. The van der Waals surface area contributed by atoms with Crippen molar-refractivity contribution in [1.29, 1.82) is 0 Å². The number of rotatable bonds is 6. The van der Waals surface area contributed by atoms with Gasteiger partial charge in [-0.15, -0.1) is 0 Å². The fourth-order valence-electron chi connectivity index (χ4n) is 2.03. The third-order valence-corrected chi connectivity index (χ3v) is 2.94. The summed E-state index contributed by atoms with van der Waals surface area (Å²) < 4.78 is 39.9. The van der Waals surface area contributed by atoms with Crippen LogP contribution in [0.4, 0.5) is 13.2 Å². The summed E-state index contributed by atoms with van der Waals surface area (Å²) in [5, 5.41) is 6.37. The smallest absolute Gasteiger partial charge is 0.372 e. The molecular weight excluding hydrogens is 259 g/mol. The highest BCUT2D eigenvalue weighted by Gasteiger charge is 2.27. The highest BCUT2D eigenvalue weighted by atomic mass is 19.4. The lowest BCUT2D eigenvalue weighted by Gasteiger charge is -2.16. The summed E-state index contributed by atoms with van der Waals surface area (Å²) in [6.45, 7) is -0.542. The zero-order valence-electron chi connectivity index (χ0n) is 11.2. The number of alkyl halides is 3. The monoisotopic (exact) mass is 281 g/mol. The van der Waals surface area contributed by atoms with Crippen LogP contribution in [0.25, 0.3) is 0 Å². The van der Waals surface area contributed by atoms with Gasteiger partial charge in [-0.05, 0) is 19.3 Å². The highest BCUT2D eigenvalue weighted by molar-refractivity contribution is 5.79. The fraction of sp³-hybridized carbons (Fsp3) is 0.917. The van der Waals surface area contributed by atoms with Gasteiger partial charge in [0, 0.05) is 26.2 Å². The average molecular weight is 281 g/mol. The predicted octanol–water partition coefficient (Wildman–Crippen LogP) is 2.06. The molecule has 1 saturated carbocycles. The first-order valence-corrected chi connectivity index (χ1v) is 6.63. The Kier molecular flexibility index (Phi) is 6.97. The third kappa shape index (κ3) is 7.92. The van der Waals surface area contributed by atoms with Gasteiger partial charge in [0.15, 0.2) is 5.96 Å². The van der Waals surface area contributed by atoms with Crippen molar-refractivity contribution < 1.29 is 17.9 Å². The summed E-state index contributed by atoms with van der Waals surface area (Å²) in [6.07, 6.45) is 1.04. The van der Waals surface area contributed by atoms with Crippen LogP contribution in [0.3, 0.4) is 0 Å². The Balaban J connectivity index is 2.03. The lowest BCUT2D eigenvalue weighted by Crippen LogP contribution is -2.42. The number of guanidine groups is 1. The van der Waals surface area contributed by atoms with E-state index in [2.05, 4.69) is 20.4 Å². The molecule has 0 aromatic heterocycles. The topological polar surface area (TPSA) is 45.7 Å². The van der Waals surface area contributed by atoms with Crippen LogP contribution < -0.4 is 10.6 Å². The molecule has 1 fully saturated rings. The molecule has 0 atom stereocenters. The molecule has 0 amide bonds. The van der Waals surface area contributed by atoms with Crippen LogP contribution in [0.2, 0.25) is 0 Å². The molecule has 0 aliphatic heterocycles. The summed E-state index contributed by atoms with van der Waals surface area (Å²) in [5.74, 6) is 0.711. The highest BCUT2D eigenvalue weighted by Crippen LogP contribution is 2.17. The predicted molar refractivity (Wildman–Crippen MR) is 68.2 cm³/mol. The van der Waals surface area contributed by atoms with Gasteiger partial charge < -0.3 is 15.4 Å². The molecular formula is C12H22F3N3O. The quantitative estimate of drug-likeness (QED) is 0.445. The van der Waals surface area contributed by atoms with Gasteiger partial charge in [-0.2, -0.15) is 13.2 Å². The molecule has 4 nitrogen and oxygen atoms in total. The summed E-state index contributed by atoms with van der Waals surface area (Å²) in [4.78, 5) is 4.08. The molecule has 0 aromatic rings. The number of nitrogens with zero attached hydrogens (tertiary/aromatic N) is 1.